The highest BCUT2D eigenvalue weighted by Crippen LogP contribution is 2.27. The molecule has 0 heterocycles. The van der Waals surface area contributed by atoms with Crippen molar-refractivity contribution in [2.75, 3.05) is 0 Å². The summed E-state index contributed by atoms with van der Waals surface area (Å²) in [5.74, 6) is -1.16. The Labute approximate surface area is 114 Å². The molecule has 0 aliphatic heterocycles. The second kappa shape index (κ2) is 5.85. The maximum Gasteiger partial charge on any atom is 0.307 e. The van der Waals surface area contributed by atoms with Gasteiger partial charge in [-0.2, -0.15) is 5.26 Å². The van der Waals surface area contributed by atoms with E-state index in [2.05, 4.69) is 0 Å². The largest absolute Gasteiger partial charge is 0.481 e. The Kier molecular flexibility index (Phi) is 3.96. The molecular weight excluding hydrogens is 261 g/mol. The van der Waals surface area contributed by atoms with Crippen LogP contribution in [-0.4, -0.2) is 11.1 Å². The van der Waals surface area contributed by atoms with Gasteiger partial charge in [0, 0.05) is 0 Å². The highest BCUT2D eigenvalue weighted by molar-refractivity contribution is 5.70. The Morgan fingerprint density at radius 3 is 2.75 bits per heavy atom. The van der Waals surface area contributed by atoms with Crippen LogP contribution < -0.4 is 4.74 Å². The second-order valence-corrected chi connectivity index (χ2v) is 4.04. The van der Waals surface area contributed by atoms with Gasteiger partial charge in [-0.1, -0.05) is 18.2 Å². The molecule has 0 atom stereocenters. The molecule has 0 aliphatic carbocycles. The van der Waals surface area contributed by atoms with Crippen LogP contribution in [0.3, 0.4) is 0 Å². The fourth-order valence-electron chi connectivity index (χ4n) is 1.72. The Balaban J connectivity index is 2.29. The summed E-state index contributed by atoms with van der Waals surface area (Å²) in [4.78, 5) is 10.6. The summed E-state index contributed by atoms with van der Waals surface area (Å²) in [5, 5.41) is 17.6. The fourth-order valence-corrected chi connectivity index (χ4v) is 1.72. The van der Waals surface area contributed by atoms with Gasteiger partial charge in [-0.15, -0.1) is 0 Å². The highest BCUT2D eigenvalue weighted by atomic mass is 19.1. The smallest absolute Gasteiger partial charge is 0.307 e. The number of aliphatic carboxylic acids is 1. The number of nitrogens with zero attached hydrogens (tertiary/aromatic N) is 1. The van der Waals surface area contributed by atoms with Crippen molar-refractivity contribution in [2.45, 2.75) is 6.42 Å². The molecule has 0 aromatic heterocycles. The van der Waals surface area contributed by atoms with Gasteiger partial charge in [0.15, 0.2) is 0 Å². The van der Waals surface area contributed by atoms with Gasteiger partial charge in [0.25, 0.3) is 0 Å². The normalized spacial score (nSPS) is 9.80. The maximum atomic E-state index is 13.4. The predicted octanol–water partition coefficient (Wildman–Crippen LogP) is 3.12. The van der Waals surface area contributed by atoms with Crippen LogP contribution in [0.25, 0.3) is 0 Å². The minimum atomic E-state index is -0.953. The lowest BCUT2D eigenvalue weighted by molar-refractivity contribution is -0.136. The monoisotopic (exact) mass is 271 g/mol. The van der Waals surface area contributed by atoms with Crippen molar-refractivity contribution in [2.24, 2.45) is 0 Å². The van der Waals surface area contributed by atoms with E-state index in [9.17, 15) is 9.18 Å². The van der Waals surface area contributed by atoms with E-state index in [1.54, 1.807) is 30.3 Å². The molecule has 0 fully saturated rings. The number of ether oxygens (including phenoxy) is 1. The summed E-state index contributed by atoms with van der Waals surface area (Å²) in [6, 6.07) is 12.3. The van der Waals surface area contributed by atoms with E-state index in [1.165, 1.54) is 18.2 Å². The summed E-state index contributed by atoms with van der Waals surface area (Å²) >= 11 is 0. The van der Waals surface area contributed by atoms with Crippen LogP contribution in [0.1, 0.15) is 11.1 Å². The standard InChI is InChI=1S/C15H10FNO3/c16-13-5-2-6-14(12(13)9-17)20-11-4-1-3-10(7-11)8-15(18)19/h1-7H,8H2,(H,18,19). The van der Waals surface area contributed by atoms with Crippen molar-refractivity contribution in [1.82, 2.24) is 0 Å². The van der Waals surface area contributed by atoms with Gasteiger partial charge in [-0.3, -0.25) is 4.79 Å². The molecule has 0 saturated carbocycles. The van der Waals surface area contributed by atoms with E-state index >= 15 is 0 Å². The lowest BCUT2D eigenvalue weighted by atomic mass is 10.1. The zero-order valence-electron chi connectivity index (χ0n) is 10.3. The molecule has 1 N–H and O–H groups in total. The first kappa shape index (κ1) is 13.6. The molecule has 0 saturated heterocycles. The van der Waals surface area contributed by atoms with E-state index in [0.717, 1.165) is 0 Å². The quantitative estimate of drug-likeness (QED) is 0.927. The van der Waals surface area contributed by atoms with Crippen LogP contribution in [0.4, 0.5) is 4.39 Å². The van der Waals surface area contributed by atoms with Crippen molar-refractivity contribution < 1.29 is 19.0 Å². The van der Waals surface area contributed by atoms with Gasteiger partial charge < -0.3 is 9.84 Å². The number of halogens is 1. The number of carbonyl (C=O) groups is 1. The van der Waals surface area contributed by atoms with Crippen molar-refractivity contribution in [3.63, 3.8) is 0 Å². The summed E-state index contributed by atoms with van der Waals surface area (Å²) in [5.41, 5.74) is 0.376. The molecule has 2 aromatic rings. The Bertz CT molecular complexity index is 692. The predicted molar refractivity (Wildman–Crippen MR) is 69.0 cm³/mol. The first-order valence-corrected chi connectivity index (χ1v) is 5.77. The number of hydrogen-bond acceptors (Lipinski definition) is 3. The molecular formula is C15H10FNO3. The Morgan fingerprint density at radius 1 is 1.30 bits per heavy atom. The third-order valence-electron chi connectivity index (χ3n) is 2.57. The first-order valence-electron chi connectivity index (χ1n) is 5.77. The van der Waals surface area contributed by atoms with Crippen LogP contribution in [-0.2, 0) is 11.2 Å². The Hall–Kier alpha value is -2.87. The number of rotatable bonds is 4. The number of nitriles is 1. The molecule has 20 heavy (non-hydrogen) atoms. The first-order chi connectivity index (χ1) is 9.60. The van der Waals surface area contributed by atoms with Gasteiger partial charge in [0.05, 0.1) is 6.42 Å². The van der Waals surface area contributed by atoms with Crippen LogP contribution in [0.15, 0.2) is 42.5 Å². The molecule has 5 heteroatoms. The average molecular weight is 271 g/mol. The van der Waals surface area contributed by atoms with Gasteiger partial charge in [-0.25, -0.2) is 4.39 Å². The molecule has 0 radical (unpaired) electrons. The van der Waals surface area contributed by atoms with Gasteiger partial charge in [-0.05, 0) is 29.8 Å². The fraction of sp³-hybridized carbons (Fsp3) is 0.0667. The summed E-state index contributed by atoms with van der Waals surface area (Å²) in [6.07, 6.45) is -0.133. The van der Waals surface area contributed by atoms with E-state index in [-0.39, 0.29) is 17.7 Å². The van der Waals surface area contributed by atoms with Crippen molar-refractivity contribution >= 4 is 5.97 Å². The Morgan fingerprint density at radius 2 is 2.05 bits per heavy atom. The van der Waals surface area contributed by atoms with E-state index in [4.69, 9.17) is 15.1 Å². The summed E-state index contributed by atoms with van der Waals surface area (Å²) in [7, 11) is 0. The molecule has 0 bridgehead atoms. The third kappa shape index (κ3) is 3.12. The second-order valence-electron chi connectivity index (χ2n) is 4.04. The molecule has 0 spiro atoms. The van der Waals surface area contributed by atoms with E-state index in [0.29, 0.717) is 11.3 Å². The van der Waals surface area contributed by atoms with E-state index < -0.39 is 11.8 Å². The average Bonchev–Trinajstić information content (AvgIpc) is 2.38. The van der Waals surface area contributed by atoms with E-state index in [1.807, 2.05) is 0 Å². The van der Waals surface area contributed by atoms with Gasteiger partial charge >= 0.3 is 5.97 Å². The number of carboxylic acids is 1. The minimum absolute atomic E-state index is 0.0972. The van der Waals surface area contributed by atoms with Crippen LogP contribution in [0, 0.1) is 17.1 Å². The molecule has 2 rings (SSSR count). The lowest BCUT2D eigenvalue weighted by Crippen LogP contribution is -2.00. The third-order valence-corrected chi connectivity index (χ3v) is 2.57. The van der Waals surface area contributed by atoms with Crippen molar-refractivity contribution in [3.05, 3.63) is 59.4 Å². The molecule has 0 unspecified atom stereocenters. The molecule has 4 nitrogen and oxygen atoms in total. The highest BCUT2D eigenvalue weighted by Gasteiger charge is 2.10. The topological polar surface area (TPSA) is 70.3 Å². The number of benzene rings is 2. The van der Waals surface area contributed by atoms with Crippen LogP contribution >= 0.6 is 0 Å². The van der Waals surface area contributed by atoms with Crippen molar-refractivity contribution in [1.29, 1.82) is 5.26 Å². The summed E-state index contributed by atoms with van der Waals surface area (Å²) in [6.45, 7) is 0. The molecule has 2 aromatic carbocycles. The van der Waals surface area contributed by atoms with Crippen molar-refractivity contribution in [3.8, 4) is 17.6 Å². The summed E-state index contributed by atoms with van der Waals surface area (Å²) < 4.78 is 18.9. The molecule has 100 valence electrons. The van der Waals surface area contributed by atoms with Crippen LogP contribution in [0.2, 0.25) is 0 Å². The molecule has 0 aliphatic rings. The minimum Gasteiger partial charge on any atom is -0.481 e. The zero-order valence-corrected chi connectivity index (χ0v) is 10.3. The number of hydrogen-bond donors (Lipinski definition) is 1. The molecule has 0 amide bonds. The number of carboxylic acid groups (broad SMARTS) is 1. The van der Waals surface area contributed by atoms with Gasteiger partial charge in [0.1, 0.15) is 28.9 Å². The maximum absolute atomic E-state index is 13.4. The van der Waals surface area contributed by atoms with Crippen LogP contribution in [0.5, 0.6) is 11.5 Å². The lowest BCUT2D eigenvalue weighted by Gasteiger charge is -2.08. The SMILES string of the molecule is N#Cc1c(F)cccc1Oc1cccc(CC(=O)O)c1. The zero-order chi connectivity index (χ0) is 14.5. The van der Waals surface area contributed by atoms with Gasteiger partial charge in [0.2, 0.25) is 0 Å².